The van der Waals surface area contributed by atoms with Crippen molar-refractivity contribution in [2.75, 3.05) is 11.5 Å². The average molecular weight is 254 g/mol. The highest BCUT2D eigenvalue weighted by molar-refractivity contribution is 7.79. The van der Waals surface area contributed by atoms with E-state index < -0.39 is 21.6 Å². The summed E-state index contributed by atoms with van der Waals surface area (Å²) in [6, 6.07) is 0. The molecule has 0 radical (unpaired) electrons. The molecule has 1 aromatic rings. The lowest BCUT2D eigenvalue weighted by atomic mass is 10.5. The maximum absolute atomic E-state index is 10.8. The minimum Gasteiger partial charge on any atom is -0.391 e. The van der Waals surface area contributed by atoms with E-state index in [0.29, 0.717) is 0 Å². The van der Waals surface area contributed by atoms with E-state index in [4.69, 9.17) is 29.0 Å². The zero-order chi connectivity index (χ0) is 13.1. The van der Waals surface area contributed by atoms with Crippen molar-refractivity contribution in [3.05, 3.63) is 20.8 Å². The maximum atomic E-state index is 10.8. The highest BCUT2D eigenvalue weighted by atomic mass is 32.3. The standard InChI is InChI=1S/C5H8N4O2.H2O4S/c1-9-3(7)2(6)4(10)8-5(9)11;1-5(2,3)4/h6-7H2,1H3,(H,8,10,11);(H2,1,2,3,4). The molecule has 1 heterocycles. The van der Waals surface area contributed by atoms with Gasteiger partial charge in [-0.05, 0) is 0 Å². The number of nitrogens with zero attached hydrogens (tertiary/aromatic N) is 1. The molecule has 0 bridgehead atoms. The maximum Gasteiger partial charge on any atom is 0.394 e. The van der Waals surface area contributed by atoms with Gasteiger partial charge in [0.15, 0.2) is 0 Å². The summed E-state index contributed by atoms with van der Waals surface area (Å²) in [5, 5.41) is 0. The second kappa shape index (κ2) is 4.78. The Morgan fingerprint density at radius 3 is 2.00 bits per heavy atom. The fourth-order valence-electron chi connectivity index (χ4n) is 0.655. The third-order valence-electron chi connectivity index (χ3n) is 1.41. The number of nitrogen functional groups attached to an aromatic ring is 2. The van der Waals surface area contributed by atoms with Gasteiger partial charge in [0.05, 0.1) is 0 Å². The fourth-order valence-corrected chi connectivity index (χ4v) is 0.655. The van der Waals surface area contributed by atoms with E-state index >= 15 is 0 Å². The lowest BCUT2D eigenvalue weighted by Crippen LogP contribution is -2.32. The summed E-state index contributed by atoms with van der Waals surface area (Å²) in [6.45, 7) is 0. The van der Waals surface area contributed by atoms with E-state index in [9.17, 15) is 9.59 Å². The lowest BCUT2D eigenvalue weighted by Gasteiger charge is -2.02. The number of hydrogen-bond donors (Lipinski definition) is 5. The van der Waals surface area contributed by atoms with Gasteiger partial charge < -0.3 is 11.5 Å². The Morgan fingerprint density at radius 2 is 1.62 bits per heavy atom. The summed E-state index contributed by atoms with van der Waals surface area (Å²) in [5.74, 6) is -0.0150. The second-order valence-corrected chi connectivity index (χ2v) is 3.46. The molecule has 11 heteroatoms. The molecule has 92 valence electrons. The first-order chi connectivity index (χ1) is 7.04. The van der Waals surface area contributed by atoms with Crippen molar-refractivity contribution >= 4 is 21.9 Å². The van der Waals surface area contributed by atoms with E-state index in [1.54, 1.807) is 0 Å². The van der Waals surface area contributed by atoms with Crippen molar-refractivity contribution in [1.29, 1.82) is 0 Å². The van der Waals surface area contributed by atoms with Gasteiger partial charge in [-0.3, -0.25) is 23.5 Å². The largest absolute Gasteiger partial charge is 0.394 e. The van der Waals surface area contributed by atoms with E-state index in [1.807, 2.05) is 4.98 Å². The number of anilines is 2. The van der Waals surface area contributed by atoms with Crippen LogP contribution in [0.5, 0.6) is 0 Å². The Kier molecular flexibility index (Phi) is 4.23. The Balaban J connectivity index is 0.000000385. The zero-order valence-electron chi connectivity index (χ0n) is 8.04. The Labute approximate surface area is 89.1 Å². The summed E-state index contributed by atoms with van der Waals surface area (Å²) < 4.78 is 32.6. The molecule has 16 heavy (non-hydrogen) atoms. The average Bonchev–Trinajstić information content (AvgIpc) is 2.09. The molecular formula is C5H10N4O6S. The number of aromatic amines is 1. The molecule has 10 nitrogen and oxygen atoms in total. The third-order valence-corrected chi connectivity index (χ3v) is 1.41. The van der Waals surface area contributed by atoms with Crippen LogP contribution in [-0.4, -0.2) is 27.1 Å². The summed E-state index contributed by atoms with van der Waals surface area (Å²) in [4.78, 5) is 23.5. The van der Waals surface area contributed by atoms with Gasteiger partial charge >= 0.3 is 16.1 Å². The van der Waals surface area contributed by atoms with E-state index in [1.165, 1.54) is 7.05 Å². The molecule has 0 aromatic carbocycles. The van der Waals surface area contributed by atoms with Crippen LogP contribution in [0.4, 0.5) is 11.5 Å². The van der Waals surface area contributed by atoms with Crippen molar-refractivity contribution in [3.8, 4) is 0 Å². The molecule has 0 spiro atoms. The molecule has 7 N–H and O–H groups in total. The number of H-pyrrole nitrogens is 1. The molecule has 0 saturated carbocycles. The van der Waals surface area contributed by atoms with Crippen molar-refractivity contribution in [2.45, 2.75) is 0 Å². The highest BCUT2D eigenvalue weighted by Gasteiger charge is 2.03. The van der Waals surface area contributed by atoms with Crippen LogP contribution in [0.3, 0.4) is 0 Å². The predicted octanol–water partition coefficient (Wildman–Crippen LogP) is -2.41. The van der Waals surface area contributed by atoms with Crippen LogP contribution < -0.4 is 22.7 Å². The normalized spacial score (nSPS) is 10.4. The molecule has 0 unspecified atom stereocenters. The van der Waals surface area contributed by atoms with Gasteiger partial charge in [0.2, 0.25) is 0 Å². The zero-order valence-corrected chi connectivity index (χ0v) is 8.85. The van der Waals surface area contributed by atoms with E-state index in [0.717, 1.165) is 4.57 Å². The summed E-state index contributed by atoms with van der Waals surface area (Å²) in [5.41, 5.74) is 9.18. The first kappa shape index (κ1) is 14.2. The van der Waals surface area contributed by atoms with Gasteiger partial charge in [-0.15, -0.1) is 0 Å². The number of nitrogens with one attached hydrogen (secondary N) is 1. The van der Waals surface area contributed by atoms with Crippen molar-refractivity contribution < 1.29 is 17.5 Å². The molecule has 0 amide bonds. The molecule has 0 atom stereocenters. The Morgan fingerprint density at radius 1 is 1.25 bits per heavy atom. The number of aromatic nitrogens is 2. The van der Waals surface area contributed by atoms with E-state index in [-0.39, 0.29) is 11.5 Å². The summed E-state index contributed by atoms with van der Waals surface area (Å²) in [7, 11) is -3.25. The monoisotopic (exact) mass is 254 g/mol. The number of hydrogen-bond acceptors (Lipinski definition) is 6. The van der Waals surface area contributed by atoms with E-state index in [2.05, 4.69) is 0 Å². The molecular weight excluding hydrogens is 244 g/mol. The van der Waals surface area contributed by atoms with Gasteiger partial charge in [-0.25, -0.2) is 4.79 Å². The van der Waals surface area contributed by atoms with Gasteiger partial charge in [-0.2, -0.15) is 8.42 Å². The summed E-state index contributed by atoms with van der Waals surface area (Å²) in [6.07, 6.45) is 0. The highest BCUT2D eigenvalue weighted by Crippen LogP contribution is 2.00. The Bertz CT molecular complexity index is 542. The smallest absolute Gasteiger partial charge is 0.391 e. The van der Waals surface area contributed by atoms with Crippen LogP contribution >= 0.6 is 0 Å². The quantitative estimate of drug-likeness (QED) is 0.317. The van der Waals surface area contributed by atoms with Gasteiger partial charge in [0.25, 0.3) is 5.56 Å². The number of nitrogens with two attached hydrogens (primary N) is 2. The van der Waals surface area contributed by atoms with Crippen LogP contribution in [0.25, 0.3) is 0 Å². The summed E-state index contributed by atoms with van der Waals surface area (Å²) >= 11 is 0. The van der Waals surface area contributed by atoms with Crippen molar-refractivity contribution in [2.24, 2.45) is 7.05 Å². The SMILES string of the molecule is Cn1c(N)c(N)c(=O)[nH]c1=O.O=S(=O)(O)O. The van der Waals surface area contributed by atoms with Gasteiger partial charge in [0, 0.05) is 7.05 Å². The van der Waals surface area contributed by atoms with Gasteiger partial charge in [-0.1, -0.05) is 0 Å². The predicted molar refractivity (Wildman–Crippen MR) is 55.3 cm³/mol. The topological polar surface area (TPSA) is 181 Å². The third kappa shape index (κ3) is 4.59. The van der Waals surface area contributed by atoms with Crippen molar-refractivity contribution in [3.63, 3.8) is 0 Å². The molecule has 0 saturated heterocycles. The Hall–Kier alpha value is -1.85. The molecule has 0 aliphatic carbocycles. The second-order valence-electron chi connectivity index (χ2n) is 2.57. The molecule has 0 aliphatic heterocycles. The van der Waals surface area contributed by atoms with Crippen LogP contribution in [0, 0.1) is 0 Å². The minimum atomic E-state index is -4.67. The molecule has 1 aromatic heterocycles. The van der Waals surface area contributed by atoms with Crippen LogP contribution in [0.15, 0.2) is 9.59 Å². The molecule has 1 rings (SSSR count). The van der Waals surface area contributed by atoms with Crippen molar-refractivity contribution in [1.82, 2.24) is 9.55 Å². The fraction of sp³-hybridized carbons (Fsp3) is 0.200. The minimum absolute atomic E-state index is 0.0150. The molecule has 0 fully saturated rings. The van der Waals surface area contributed by atoms with Crippen LogP contribution in [0.2, 0.25) is 0 Å². The van der Waals surface area contributed by atoms with Crippen LogP contribution in [0.1, 0.15) is 0 Å². The first-order valence-corrected chi connectivity index (χ1v) is 4.98. The lowest BCUT2D eigenvalue weighted by molar-refractivity contribution is 0.381. The number of rotatable bonds is 0. The first-order valence-electron chi connectivity index (χ1n) is 3.58. The van der Waals surface area contributed by atoms with Crippen LogP contribution in [-0.2, 0) is 17.4 Å². The molecule has 0 aliphatic rings. The van der Waals surface area contributed by atoms with Gasteiger partial charge in [0.1, 0.15) is 11.5 Å².